The summed E-state index contributed by atoms with van der Waals surface area (Å²) in [5.41, 5.74) is 8.54. The zero-order valence-corrected chi connectivity index (χ0v) is 17.7. The maximum atomic E-state index is 11.0. The Morgan fingerprint density at radius 3 is 2.87 bits per heavy atom. The summed E-state index contributed by atoms with van der Waals surface area (Å²) < 4.78 is 5.75. The monoisotopic (exact) mass is 467 g/mol. The number of aliphatic hydroxyl groups excluding tert-OH is 3. The lowest BCUT2D eigenvalue weighted by atomic mass is 9.97. The number of thioether (sulfide) groups is 1. The minimum atomic E-state index is -1.16. The predicted octanol–water partition coefficient (Wildman–Crippen LogP) is 0.891. The van der Waals surface area contributed by atoms with Crippen molar-refractivity contribution in [2.24, 2.45) is 0 Å². The number of thiazole rings is 1. The minimum Gasteiger partial charge on any atom is -0.394 e. The molecule has 1 aromatic carbocycles. The van der Waals surface area contributed by atoms with Crippen LogP contribution in [0.3, 0.4) is 0 Å². The molecule has 2 aliphatic heterocycles. The fourth-order valence-electron chi connectivity index (χ4n) is 3.25. The van der Waals surface area contributed by atoms with E-state index in [4.69, 9.17) is 21.6 Å². The van der Waals surface area contributed by atoms with Crippen molar-refractivity contribution in [2.45, 2.75) is 34.7 Å². The minimum absolute atomic E-state index is 0.296. The molecule has 2 aliphatic rings. The molecule has 158 valence electrons. The van der Waals surface area contributed by atoms with E-state index in [-0.39, 0.29) is 0 Å². The zero-order chi connectivity index (χ0) is 21.3. The molecule has 0 spiro atoms. The number of aliphatic hydroxyl groups is 3. The van der Waals surface area contributed by atoms with Gasteiger partial charge in [-0.05, 0) is 18.2 Å². The quantitative estimate of drug-likeness (QED) is 0.431. The fraction of sp³-hybridized carbons (Fsp3) is 0.333. The highest BCUT2D eigenvalue weighted by Crippen LogP contribution is 2.36. The molecule has 3 heterocycles. The number of ether oxygens (including phenoxy) is 1. The van der Waals surface area contributed by atoms with E-state index >= 15 is 0 Å². The molecular weight excluding hydrogens is 450 g/mol. The first-order valence-corrected chi connectivity index (χ1v) is 11.1. The van der Waals surface area contributed by atoms with Gasteiger partial charge in [-0.3, -0.25) is 5.01 Å². The summed E-state index contributed by atoms with van der Waals surface area (Å²) in [6, 6.07) is 6.09. The zero-order valence-electron chi connectivity index (χ0n) is 15.3. The average molecular weight is 468 g/mol. The Morgan fingerprint density at radius 2 is 2.20 bits per heavy atom. The average Bonchev–Trinajstić information content (AvgIpc) is 3.42. The molecule has 1 saturated heterocycles. The lowest BCUT2D eigenvalue weighted by molar-refractivity contribution is -0.189. The molecule has 0 radical (unpaired) electrons. The fourth-order valence-corrected chi connectivity index (χ4v) is 5.19. The van der Waals surface area contributed by atoms with Crippen molar-refractivity contribution in [1.29, 1.82) is 5.26 Å². The summed E-state index contributed by atoms with van der Waals surface area (Å²) in [6.07, 6.45) is -1.48. The van der Waals surface area contributed by atoms with Crippen LogP contribution >= 0.6 is 34.7 Å². The first-order chi connectivity index (χ1) is 14.5. The topological polar surface area (TPSA) is 134 Å². The summed E-state index contributed by atoms with van der Waals surface area (Å²) in [5, 5.41) is 44.1. The van der Waals surface area contributed by atoms with Crippen LogP contribution in [-0.4, -0.2) is 61.7 Å². The van der Waals surface area contributed by atoms with Crippen LogP contribution < -0.4 is 11.0 Å². The SMILES string of the molecule is N#Cc1ccc(S[C@H]2OC(CO)[C@H](O)C(N3C=C(c4cscn4)NN3)C2O)cc1Cl. The maximum absolute atomic E-state index is 11.0. The van der Waals surface area contributed by atoms with Gasteiger partial charge in [0.05, 0.1) is 34.1 Å². The van der Waals surface area contributed by atoms with Crippen LogP contribution in [0.4, 0.5) is 0 Å². The molecule has 0 saturated carbocycles. The lowest BCUT2D eigenvalue weighted by Gasteiger charge is -2.45. The van der Waals surface area contributed by atoms with E-state index in [0.29, 0.717) is 21.2 Å². The van der Waals surface area contributed by atoms with E-state index in [1.54, 1.807) is 34.9 Å². The van der Waals surface area contributed by atoms with Crippen LogP contribution in [0.2, 0.25) is 5.02 Å². The van der Waals surface area contributed by atoms with Crippen LogP contribution in [-0.2, 0) is 4.74 Å². The highest BCUT2D eigenvalue weighted by molar-refractivity contribution is 7.99. The number of nitriles is 1. The number of nitrogens with zero attached hydrogens (tertiary/aromatic N) is 3. The molecule has 0 amide bonds. The van der Waals surface area contributed by atoms with E-state index in [2.05, 4.69) is 15.9 Å². The van der Waals surface area contributed by atoms with Gasteiger partial charge < -0.3 is 25.5 Å². The van der Waals surface area contributed by atoms with E-state index in [9.17, 15) is 15.3 Å². The van der Waals surface area contributed by atoms with Crippen molar-refractivity contribution in [3.8, 4) is 6.07 Å². The second-order valence-corrected chi connectivity index (χ2v) is 8.93. The Balaban J connectivity index is 1.56. The van der Waals surface area contributed by atoms with Gasteiger partial charge >= 0.3 is 0 Å². The van der Waals surface area contributed by atoms with Gasteiger partial charge in [-0.25, -0.2) is 4.98 Å². The van der Waals surface area contributed by atoms with Crippen LogP contribution in [0.15, 0.2) is 40.2 Å². The molecule has 4 rings (SSSR count). The third-order valence-corrected chi connectivity index (χ3v) is 6.83. The van der Waals surface area contributed by atoms with E-state index in [1.807, 2.05) is 11.4 Å². The summed E-state index contributed by atoms with van der Waals surface area (Å²) in [6.45, 7) is -0.417. The molecule has 2 aromatic rings. The third-order valence-electron chi connectivity index (χ3n) is 4.78. The van der Waals surface area contributed by atoms with E-state index < -0.39 is 36.4 Å². The number of halogens is 1. The first-order valence-electron chi connectivity index (χ1n) is 8.91. The second-order valence-electron chi connectivity index (χ2n) is 6.63. The molecule has 3 unspecified atom stereocenters. The first kappa shape index (κ1) is 21.4. The number of hydrogen-bond acceptors (Lipinski definition) is 11. The highest BCUT2D eigenvalue weighted by Gasteiger charge is 2.48. The normalized spacial score (nSPS) is 28.7. The smallest absolute Gasteiger partial charge is 0.136 e. The van der Waals surface area contributed by atoms with Gasteiger partial charge in [0.2, 0.25) is 0 Å². The van der Waals surface area contributed by atoms with Crippen molar-refractivity contribution in [3.63, 3.8) is 0 Å². The number of hydrazine groups is 2. The predicted molar refractivity (Wildman–Crippen MR) is 112 cm³/mol. The molecule has 9 nitrogen and oxygen atoms in total. The van der Waals surface area contributed by atoms with Gasteiger partial charge in [0.1, 0.15) is 35.9 Å². The van der Waals surface area contributed by atoms with Gasteiger partial charge in [0.25, 0.3) is 0 Å². The molecule has 0 bridgehead atoms. The Labute approximate surface area is 185 Å². The lowest BCUT2D eigenvalue weighted by Crippen LogP contribution is -2.65. The van der Waals surface area contributed by atoms with Gasteiger partial charge in [0, 0.05) is 16.5 Å². The van der Waals surface area contributed by atoms with Crippen molar-refractivity contribution in [1.82, 2.24) is 21.0 Å². The van der Waals surface area contributed by atoms with Crippen LogP contribution in [0.25, 0.3) is 5.70 Å². The van der Waals surface area contributed by atoms with Crippen molar-refractivity contribution >= 4 is 40.4 Å². The third kappa shape index (κ3) is 4.14. The second kappa shape index (κ2) is 9.09. The molecule has 5 atom stereocenters. The van der Waals surface area contributed by atoms with Gasteiger partial charge in [0.15, 0.2) is 0 Å². The highest BCUT2D eigenvalue weighted by atomic mass is 35.5. The maximum Gasteiger partial charge on any atom is 0.136 e. The molecule has 0 aliphatic carbocycles. The van der Waals surface area contributed by atoms with Crippen LogP contribution in [0, 0.1) is 11.3 Å². The largest absolute Gasteiger partial charge is 0.394 e. The van der Waals surface area contributed by atoms with Gasteiger partial charge in [-0.1, -0.05) is 23.4 Å². The number of rotatable bonds is 5. The van der Waals surface area contributed by atoms with Crippen LogP contribution in [0.1, 0.15) is 11.3 Å². The Morgan fingerprint density at radius 1 is 1.37 bits per heavy atom. The van der Waals surface area contributed by atoms with E-state index in [1.165, 1.54) is 23.1 Å². The number of hydrogen-bond donors (Lipinski definition) is 5. The Hall–Kier alpha value is -1.88. The van der Waals surface area contributed by atoms with Gasteiger partial charge in [-0.15, -0.1) is 16.9 Å². The molecule has 30 heavy (non-hydrogen) atoms. The summed E-state index contributed by atoms with van der Waals surface area (Å²) in [7, 11) is 0. The number of aromatic nitrogens is 1. The molecule has 5 N–H and O–H groups in total. The number of benzene rings is 1. The standard InChI is InChI=1S/C18H18ClN5O4S2/c19-11-3-10(2-1-9(11)4-20)30-18-17(27)15(16(26)14(6-25)28-18)24-5-12(22-23-24)13-7-29-8-21-13/h1-3,5,7-8,14-18,22-23,25-27H,6H2/t14?,15?,16-,17?,18+/m0/s1. The molecule has 1 aromatic heterocycles. The number of nitrogens with one attached hydrogen (secondary N) is 2. The summed E-state index contributed by atoms with van der Waals surface area (Å²) in [5.74, 6) is 0. The van der Waals surface area contributed by atoms with E-state index in [0.717, 1.165) is 5.69 Å². The molecule has 12 heteroatoms. The van der Waals surface area contributed by atoms with Gasteiger partial charge in [-0.2, -0.15) is 5.26 Å². The molecular formula is C18H18ClN5O4S2. The van der Waals surface area contributed by atoms with Crippen molar-refractivity contribution < 1.29 is 20.1 Å². The van der Waals surface area contributed by atoms with Crippen molar-refractivity contribution in [2.75, 3.05) is 6.61 Å². The summed E-state index contributed by atoms with van der Waals surface area (Å²) >= 11 is 8.74. The molecule has 1 fully saturated rings. The summed E-state index contributed by atoms with van der Waals surface area (Å²) in [4.78, 5) is 4.91. The Kier molecular flexibility index (Phi) is 6.47. The van der Waals surface area contributed by atoms with Crippen molar-refractivity contribution in [3.05, 3.63) is 51.6 Å². The van der Waals surface area contributed by atoms with Crippen LogP contribution in [0.5, 0.6) is 0 Å². The Bertz CT molecular complexity index is 970.